The number of ether oxygens (including phenoxy) is 1. The lowest BCUT2D eigenvalue weighted by Gasteiger charge is -2.38. The Hall–Kier alpha value is -1.48. The first kappa shape index (κ1) is 21.2. The zero-order valence-corrected chi connectivity index (χ0v) is 19.0. The number of nitrogens with one attached hydrogen (secondary N) is 2. The molecule has 2 N–H and O–H groups in total. The molecule has 28 heavy (non-hydrogen) atoms. The molecule has 3 rings (SSSR count). The van der Waals surface area contributed by atoms with Crippen molar-refractivity contribution in [1.82, 2.24) is 5.32 Å². The first-order valence-corrected chi connectivity index (χ1v) is 11.5. The predicted molar refractivity (Wildman–Crippen MR) is 117 cm³/mol. The van der Waals surface area contributed by atoms with Crippen LogP contribution in [0.4, 0.5) is 11.4 Å². The van der Waals surface area contributed by atoms with Crippen molar-refractivity contribution >= 4 is 48.9 Å². The summed E-state index contributed by atoms with van der Waals surface area (Å²) in [5.74, 6) is 0.441. The Morgan fingerprint density at radius 1 is 1.18 bits per heavy atom. The number of benzene rings is 2. The number of methoxy groups -OCH3 is 1. The van der Waals surface area contributed by atoms with E-state index in [1.54, 1.807) is 24.3 Å². The summed E-state index contributed by atoms with van der Waals surface area (Å²) in [5.41, 5.74) is 1.30. The second-order valence-corrected chi connectivity index (χ2v) is 9.91. The molecule has 152 valence electrons. The summed E-state index contributed by atoms with van der Waals surface area (Å²) >= 11 is 9.43. The lowest BCUT2D eigenvalue weighted by Crippen LogP contribution is -2.54. The Morgan fingerprint density at radius 3 is 2.46 bits per heavy atom. The van der Waals surface area contributed by atoms with E-state index in [1.165, 1.54) is 13.2 Å². The Labute approximate surface area is 179 Å². The van der Waals surface area contributed by atoms with Gasteiger partial charge in [0.1, 0.15) is 10.6 Å². The van der Waals surface area contributed by atoms with Gasteiger partial charge in [-0.2, -0.15) is 0 Å². The van der Waals surface area contributed by atoms with Gasteiger partial charge in [0, 0.05) is 35.3 Å². The third kappa shape index (κ3) is 4.74. The van der Waals surface area contributed by atoms with Crippen LogP contribution in [0, 0.1) is 0 Å². The van der Waals surface area contributed by atoms with Gasteiger partial charge in [-0.1, -0.05) is 27.5 Å². The topological polar surface area (TPSA) is 70.7 Å². The Morgan fingerprint density at radius 2 is 1.86 bits per heavy atom. The van der Waals surface area contributed by atoms with Gasteiger partial charge in [-0.3, -0.25) is 4.72 Å². The van der Waals surface area contributed by atoms with Crippen LogP contribution < -0.4 is 19.7 Å². The summed E-state index contributed by atoms with van der Waals surface area (Å²) in [6.07, 6.45) is 0. The molecule has 0 radical (unpaired) electrons. The highest BCUT2D eigenvalue weighted by atomic mass is 79.9. The minimum Gasteiger partial charge on any atom is -0.495 e. The molecule has 0 aromatic heterocycles. The Balaban J connectivity index is 1.94. The van der Waals surface area contributed by atoms with Crippen molar-refractivity contribution in [3.63, 3.8) is 0 Å². The second kappa shape index (κ2) is 8.49. The molecule has 9 heteroatoms. The van der Waals surface area contributed by atoms with Crippen molar-refractivity contribution in [1.29, 1.82) is 0 Å². The molecule has 1 heterocycles. The van der Waals surface area contributed by atoms with Crippen molar-refractivity contribution in [2.24, 2.45) is 0 Å². The van der Waals surface area contributed by atoms with Gasteiger partial charge >= 0.3 is 0 Å². The Kier molecular flexibility index (Phi) is 6.44. The normalized spacial score (nSPS) is 20.1. The highest BCUT2D eigenvalue weighted by Crippen LogP contribution is 2.34. The van der Waals surface area contributed by atoms with Crippen LogP contribution in [0.3, 0.4) is 0 Å². The number of halogens is 2. The van der Waals surface area contributed by atoms with Crippen molar-refractivity contribution in [3.05, 3.63) is 45.9 Å². The number of piperazine rings is 1. The fraction of sp³-hybridized carbons (Fsp3) is 0.368. The molecule has 1 fully saturated rings. The van der Waals surface area contributed by atoms with E-state index in [9.17, 15) is 8.42 Å². The summed E-state index contributed by atoms with van der Waals surface area (Å²) in [5, 5.41) is 3.63. The SMILES string of the molecule is COc1ccc(N2CC(C)NC(C)C2)cc1NS(=O)(=O)c1ccc(Br)cc1Cl. The van der Waals surface area contributed by atoms with Gasteiger partial charge in [0.05, 0.1) is 17.8 Å². The van der Waals surface area contributed by atoms with Gasteiger partial charge in [0.15, 0.2) is 0 Å². The van der Waals surface area contributed by atoms with Crippen molar-refractivity contribution < 1.29 is 13.2 Å². The first-order valence-electron chi connectivity index (χ1n) is 8.86. The van der Waals surface area contributed by atoms with Crippen molar-refractivity contribution in [3.8, 4) is 5.75 Å². The lowest BCUT2D eigenvalue weighted by atomic mass is 10.1. The zero-order chi connectivity index (χ0) is 20.5. The van der Waals surface area contributed by atoms with E-state index in [2.05, 4.69) is 44.7 Å². The summed E-state index contributed by atoms with van der Waals surface area (Å²) in [7, 11) is -2.37. The molecule has 1 aliphatic rings. The highest BCUT2D eigenvalue weighted by molar-refractivity contribution is 9.10. The van der Waals surface area contributed by atoms with Crippen molar-refractivity contribution in [2.75, 3.05) is 29.8 Å². The third-order valence-corrected chi connectivity index (χ3v) is 6.88. The summed E-state index contributed by atoms with van der Waals surface area (Å²) in [6.45, 7) is 5.93. The van der Waals surface area contributed by atoms with E-state index in [4.69, 9.17) is 16.3 Å². The molecule has 0 saturated carbocycles. The number of sulfonamides is 1. The van der Waals surface area contributed by atoms with Crippen LogP contribution in [0.5, 0.6) is 5.75 Å². The van der Waals surface area contributed by atoms with Gasteiger partial charge in [-0.15, -0.1) is 0 Å². The molecule has 1 saturated heterocycles. The molecule has 2 aromatic rings. The molecule has 2 aromatic carbocycles. The monoisotopic (exact) mass is 487 g/mol. The predicted octanol–water partition coefficient (Wildman–Crippen LogP) is 4.10. The molecular weight excluding hydrogens is 466 g/mol. The maximum absolute atomic E-state index is 12.9. The van der Waals surface area contributed by atoms with Crippen LogP contribution in [0.25, 0.3) is 0 Å². The molecule has 0 spiro atoms. The average molecular weight is 489 g/mol. The summed E-state index contributed by atoms with van der Waals surface area (Å²) in [4.78, 5) is 2.24. The van der Waals surface area contributed by atoms with Gasteiger partial charge < -0.3 is 15.0 Å². The number of nitrogens with zero attached hydrogens (tertiary/aromatic N) is 1. The van der Waals surface area contributed by atoms with Gasteiger partial charge in [0.2, 0.25) is 0 Å². The maximum atomic E-state index is 12.9. The largest absolute Gasteiger partial charge is 0.495 e. The van der Waals surface area contributed by atoms with E-state index in [0.717, 1.165) is 18.8 Å². The molecule has 2 unspecified atom stereocenters. The van der Waals surface area contributed by atoms with Gasteiger partial charge in [0.25, 0.3) is 10.0 Å². The number of rotatable bonds is 5. The molecule has 6 nitrogen and oxygen atoms in total. The molecule has 2 atom stereocenters. The highest BCUT2D eigenvalue weighted by Gasteiger charge is 2.24. The lowest BCUT2D eigenvalue weighted by molar-refractivity contribution is 0.406. The molecule has 0 amide bonds. The van der Waals surface area contributed by atoms with E-state index >= 15 is 0 Å². The Bertz CT molecular complexity index is 961. The maximum Gasteiger partial charge on any atom is 0.263 e. The van der Waals surface area contributed by atoms with E-state index in [1.807, 2.05) is 6.07 Å². The van der Waals surface area contributed by atoms with E-state index < -0.39 is 10.0 Å². The smallest absolute Gasteiger partial charge is 0.263 e. The standard InChI is InChI=1S/C19H23BrClN3O3S/c1-12-10-24(11-13(2)22-12)15-5-6-18(27-3)17(9-15)23-28(25,26)19-7-4-14(20)8-16(19)21/h4-9,12-13,22-23H,10-11H2,1-3H3. The van der Waals surface area contributed by atoms with Crippen LogP contribution in [-0.4, -0.2) is 40.7 Å². The minimum atomic E-state index is -3.88. The number of hydrogen-bond donors (Lipinski definition) is 2. The average Bonchev–Trinajstić information content (AvgIpc) is 2.60. The van der Waals surface area contributed by atoms with Gasteiger partial charge in [-0.05, 0) is 50.2 Å². The minimum absolute atomic E-state index is 0.00856. The number of hydrogen-bond acceptors (Lipinski definition) is 5. The molecular formula is C19H23BrClN3O3S. The molecule has 0 bridgehead atoms. The van der Waals surface area contributed by atoms with Crippen molar-refractivity contribution in [2.45, 2.75) is 30.8 Å². The van der Waals surface area contributed by atoms with Gasteiger partial charge in [-0.25, -0.2) is 8.42 Å². The van der Waals surface area contributed by atoms with Crippen LogP contribution in [0.1, 0.15) is 13.8 Å². The van der Waals surface area contributed by atoms with Crippen LogP contribution in [0.2, 0.25) is 5.02 Å². The summed E-state index contributed by atoms with van der Waals surface area (Å²) in [6, 6.07) is 10.8. The first-order chi connectivity index (χ1) is 13.2. The second-order valence-electron chi connectivity index (χ2n) is 6.94. The summed E-state index contributed by atoms with van der Waals surface area (Å²) < 4.78 is 34.5. The van der Waals surface area contributed by atoms with Crippen LogP contribution in [-0.2, 0) is 10.0 Å². The molecule has 0 aliphatic carbocycles. The fourth-order valence-electron chi connectivity index (χ4n) is 3.40. The van der Waals surface area contributed by atoms with Crippen LogP contribution in [0.15, 0.2) is 45.8 Å². The van der Waals surface area contributed by atoms with E-state index in [-0.39, 0.29) is 9.92 Å². The number of anilines is 2. The quantitative estimate of drug-likeness (QED) is 0.663. The molecule has 1 aliphatic heterocycles. The fourth-order valence-corrected chi connectivity index (χ4v) is 5.50. The van der Waals surface area contributed by atoms with E-state index in [0.29, 0.717) is 28.0 Å². The van der Waals surface area contributed by atoms with Crippen LogP contribution >= 0.6 is 27.5 Å². The third-order valence-electron chi connectivity index (χ3n) is 4.53. The zero-order valence-electron chi connectivity index (χ0n) is 15.9.